The number of hydrogen-bond acceptors (Lipinski definition) is 6. The van der Waals surface area contributed by atoms with E-state index in [9.17, 15) is 10.1 Å². The minimum Gasteiger partial charge on any atom is -0.316 e. The molecule has 0 unspecified atom stereocenters. The van der Waals surface area contributed by atoms with Crippen LogP contribution in [0.2, 0.25) is 0 Å². The Bertz CT molecular complexity index is 1190. The largest absolute Gasteiger partial charge is 0.316 e. The quantitative estimate of drug-likeness (QED) is 0.289. The lowest BCUT2D eigenvalue weighted by Crippen LogP contribution is -2.14. The van der Waals surface area contributed by atoms with E-state index >= 15 is 0 Å². The molecule has 0 bridgehead atoms. The molecular formula is C24H25N5OS2. The molecule has 0 aliphatic heterocycles. The highest BCUT2D eigenvalue weighted by Crippen LogP contribution is 2.37. The van der Waals surface area contributed by atoms with Crippen molar-refractivity contribution in [3.63, 3.8) is 0 Å². The van der Waals surface area contributed by atoms with E-state index < -0.39 is 0 Å². The standard InChI is InChI=1S/C24H25N5OS2/c1-3-12-29-22(17-9-7-8-16(2)13-17)27-28-24(29)31-15-21(30)26-23-19(14-25)18-10-5-4-6-11-20(18)32-23/h3,7-9,13H,1,4-6,10-12,15H2,2H3,(H,26,30). The summed E-state index contributed by atoms with van der Waals surface area (Å²) >= 11 is 2.89. The van der Waals surface area contributed by atoms with Crippen LogP contribution >= 0.6 is 23.1 Å². The average Bonchev–Trinajstić information content (AvgIpc) is 3.24. The van der Waals surface area contributed by atoms with Gasteiger partial charge >= 0.3 is 0 Å². The Balaban J connectivity index is 1.48. The molecule has 4 rings (SSSR count). The van der Waals surface area contributed by atoms with E-state index in [-0.39, 0.29) is 11.7 Å². The van der Waals surface area contributed by atoms with Gasteiger partial charge < -0.3 is 5.32 Å². The molecular weight excluding hydrogens is 438 g/mol. The second-order valence-corrected chi connectivity index (χ2v) is 9.84. The van der Waals surface area contributed by atoms with Crippen LogP contribution in [0.3, 0.4) is 0 Å². The van der Waals surface area contributed by atoms with Crippen molar-refractivity contribution in [2.24, 2.45) is 0 Å². The highest BCUT2D eigenvalue weighted by atomic mass is 32.2. The summed E-state index contributed by atoms with van der Waals surface area (Å²) in [5, 5.41) is 22.7. The topological polar surface area (TPSA) is 83.6 Å². The van der Waals surface area contributed by atoms with Crippen molar-refractivity contribution in [1.82, 2.24) is 14.8 Å². The van der Waals surface area contributed by atoms with Crippen molar-refractivity contribution in [2.45, 2.75) is 50.7 Å². The molecule has 0 spiro atoms. The first-order chi connectivity index (χ1) is 15.6. The second-order valence-electron chi connectivity index (χ2n) is 7.79. The number of rotatable bonds is 7. The fourth-order valence-corrected chi connectivity index (χ4v) is 5.93. The number of thiophene rings is 1. The molecule has 1 amide bonds. The summed E-state index contributed by atoms with van der Waals surface area (Å²) in [5.41, 5.74) is 3.90. The molecule has 3 aromatic rings. The molecule has 2 heterocycles. The number of carbonyl (C=O) groups excluding carboxylic acids is 1. The molecule has 6 nitrogen and oxygen atoms in total. The molecule has 1 aromatic carbocycles. The van der Waals surface area contributed by atoms with E-state index in [0.29, 0.717) is 22.3 Å². The minimum atomic E-state index is -0.145. The molecule has 0 radical (unpaired) electrons. The number of aromatic nitrogens is 3. The first-order valence-electron chi connectivity index (χ1n) is 10.7. The number of amides is 1. The number of allylic oxidation sites excluding steroid dienone is 1. The zero-order chi connectivity index (χ0) is 22.5. The Hall–Kier alpha value is -2.89. The van der Waals surface area contributed by atoms with Gasteiger partial charge in [-0.15, -0.1) is 28.1 Å². The van der Waals surface area contributed by atoms with Crippen molar-refractivity contribution in [3.8, 4) is 17.5 Å². The normalized spacial score (nSPS) is 13.1. The van der Waals surface area contributed by atoms with E-state index in [1.54, 1.807) is 17.4 Å². The summed E-state index contributed by atoms with van der Waals surface area (Å²) in [5.74, 6) is 0.801. The van der Waals surface area contributed by atoms with E-state index in [1.807, 2.05) is 29.7 Å². The van der Waals surface area contributed by atoms with E-state index in [0.717, 1.165) is 48.2 Å². The maximum Gasteiger partial charge on any atom is 0.235 e. The van der Waals surface area contributed by atoms with Crippen molar-refractivity contribution < 1.29 is 4.79 Å². The van der Waals surface area contributed by atoms with Crippen molar-refractivity contribution in [2.75, 3.05) is 11.1 Å². The molecule has 0 atom stereocenters. The number of benzene rings is 1. The van der Waals surface area contributed by atoms with Gasteiger partial charge in [-0.1, -0.05) is 48.0 Å². The predicted octanol–water partition coefficient (Wildman–Crippen LogP) is 5.37. The lowest BCUT2D eigenvalue weighted by atomic mass is 10.1. The monoisotopic (exact) mass is 463 g/mol. The highest BCUT2D eigenvalue weighted by Gasteiger charge is 2.21. The molecule has 1 aliphatic rings. The number of aryl methyl sites for hydroxylation is 2. The molecule has 8 heteroatoms. The number of anilines is 1. The van der Waals surface area contributed by atoms with Crippen LogP contribution in [0, 0.1) is 18.3 Å². The Kier molecular flexibility index (Phi) is 7.08. The summed E-state index contributed by atoms with van der Waals surface area (Å²) in [6.07, 6.45) is 7.15. The maximum absolute atomic E-state index is 12.7. The Morgan fingerprint density at radius 3 is 2.97 bits per heavy atom. The Labute approximate surface area is 196 Å². The SMILES string of the molecule is C=CCn1c(SCC(=O)Nc2sc3c(c2C#N)CCCCC3)nnc1-c1cccc(C)c1. The van der Waals surface area contributed by atoms with Gasteiger partial charge in [0, 0.05) is 17.0 Å². The van der Waals surface area contributed by atoms with Crippen LogP contribution in [0.4, 0.5) is 5.00 Å². The van der Waals surface area contributed by atoms with Crippen molar-refractivity contribution in [1.29, 1.82) is 5.26 Å². The number of fused-ring (bicyclic) bond motifs is 1. The van der Waals surface area contributed by atoms with Gasteiger partial charge in [-0.25, -0.2) is 0 Å². The van der Waals surface area contributed by atoms with Crippen LogP contribution < -0.4 is 5.32 Å². The molecule has 164 valence electrons. The molecule has 0 fully saturated rings. The minimum absolute atomic E-state index is 0.145. The summed E-state index contributed by atoms with van der Waals surface area (Å²) in [4.78, 5) is 14.0. The first kappa shape index (κ1) is 22.3. The summed E-state index contributed by atoms with van der Waals surface area (Å²) in [6, 6.07) is 10.4. The zero-order valence-corrected chi connectivity index (χ0v) is 19.7. The Morgan fingerprint density at radius 2 is 2.19 bits per heavy atom. The molecule has 0 saturated carbocycles. The molecule has 32 heavy (non-hydrogen) atoms. The van der Waals surface area contributed by atoms with Gasteiger partial charge in [0.05, 0.1) is 11.3 Å². The number of nitrogens with zero attached hydrogens (tertiary/aromatic N) is 4. The zero-order valence-electron chi connectivity index (χ0n) is 18.1. The predicted molar refractivity (Wildman–Crippen MR) is 130 cm³/mol. The summed E-state index contributed by atoms with van der Waals surface area (Å²) < 4.78 is 1.97. The van der Waals surface area contributed by atoms with Crippen LogP contribution in [-0.2, 0) is 24.2 Å². The van der Waals surface area contributed by atoms with E-state index in [4.69, 9.17) is 0 Å². The van der Waals surface area contributed by atoms with E-state index in [1.165, 1.54) is 23.1 Å². The molecule has 0 saturated heterocycles. The van der Waals surface area contributed by atoms with E-state index in [2.05, 4.69) is 34.2 Å². The number of nitrogens with one attached hydrogen (secondary N) is 1. The highest BCUT2D eigenvalue weighted by molar-refractivity contribution is 7.99. The van der Waals surface area contributed by atoms with Gasteiger partial charge in [-0.05, 0) is 44.2 Å². The second kappa shape index (κ2) is 10.2. The van der Waals surface area contributed by atoms with Crippen molar-refractivity contribution >= 4 is 34.0 Å². The van der Waals surface area contributed by atoms with Gasteiger partial charge in [0.15, 0.2) is 11.0 Å². The summed E-state index contributed by atoms with van der Waals surface area (Å²) in [7, 11) is 0. The van der Waals surface area contributed by atoms with Gasteiger partial charge in [0.2, 0.25) is 5.91 Å². The summed E-state index contributed by atoms with van der Waals surface area (Å²) in [6.45, 7) is 6.43. The lowest BCUT2D eigenvalue weighted by molar-refractivity contribution is -0.113. The average molecular weight is 464 g/mol. The van der Waals surface area contributed by atoms with Crippen LogP contribution in [0.5, 0.6) is 0 Å². The number of nitriles is 1. The van der Waals surface area contributed by atoms with Crippen LogP contribution in [0.15, 0.2) is 42.1 Å². The fraction of sp³-hybridized carbons (Fsp3) is 0.333. The maximum atomic E-state index is 12.7. The van der Waals surface area contributed by atoms with Crippen LogP contribution in [0.1, 0.15) is 40.8 Å². The van der Waals surface area contributed by atoms with Crippen LogP contribution in [-0.4, -0.2) is 26.4 Å². The van der Waals surface area contributed by atoms with Crippen molar-refractivity contribution in [3.05, 3.63) is 58.5 Å². The third-order valence-electron chi connectivity index (χ3n) is 5.42. The first-order valence-corrected chi connectivity index (χ1v) is 12.5. The number of hydrogen-bond donors (Lipinski definition) is 1. The van der Waals surface area contributed by atoms with Gasteiger partial charge in [0.1, 0.15) is 11.1 Å². The number of carbonyl (C=O) groups is 1. The fourth-order valence-electron chi connectivity index (χ4n) is 3.93. The van der Waals surface area contributed by atoms with Gasteiger partial charge in [-0.3, -0.25) is 9.36 Å². The van der Waals surface area contributed by atoms with Gasteiger partial charge in [0.25, 0.3) is 0 Å². The third-order valence-corrected chi connectivity index (χ3v) is 7.60. The Morgan fingerprint density at radius 1 is 1.34 bits per heavy atom. The van der Waals surface area contributed by atoms with Gasteiger partial charge in [-0.2, -0.15) is 5.26 Å². The molecule has 1 aliphatic carbocycles. The van der Waals surface area contributed by atoms with Crippen LogP contribution in [0.25, 0.3) is 11.4 Å². The smallest absolute Gasteiger partial charge is 0.235 e. The number of thioether (sulfide) groups is 1. The third kappa shape index (κ3) is 4.79. The molecule has 1 N–H and O–H groups in total. The lowest BCUT2D eigenvalue weighted by Gasteiger charge is -2.08. The molecule has 2 aromatic heterocycles.